The maximum atomic E-state index is 5.69. The number of ether oxygens (including phenoxy) is 1. The zero-order valence-corrected chi connectivity index (χ0v) is 9.49. The molecule has 0 aliphatic heterocycles. The number of nitrogens with one attached hydrogen (secondary N) is 1. The predicted molar refractivity (Wildman–Crippen MR) is 63.1 cm³/mol. The van der Waals surface area contributed by atoms with Crippen LogP contribution in [0.4, 0.5) is 0 Å². The summed E-state index contributed by atoms with van der Waals surface area (Å²) in [5.41, 5.74) is 6.90. The first kappa shape index (κ1) is 12.0. The van der Waals surface area contributed by atoms with Gasteiger partial charge in [0.15, 0.2) is 0 Å². The van der Waals surface area contributed by atoms with Gasteiger partial charge < -0.3 is 15.8 Å². The number of benzene rings is 1. The topological polar surface area (TPSA) is 47.3 Å². The van der Waals surface area contributed by atoms with Crippen LogP contribution in [0.25, 0.3) is 0 Å². The Morgan fingerprint density at radius 1 is 1.27 bits per heavy atom. The summed E-state index contributed by atoms with van der Waals surface area (Å²) in [6.07, 6.45) is 0. The first-order chi connectivity index (χ1) is 7.31. The van der Waals surface area contributed by atoms with Crippen molar-refractivity contribution in [2.75, 3.05) is 19.7 Å². The van der Waals surface area contributed by atoms with Gasteiger partial charge in [0.2, 0.25) is 0 Å². The lowest BCUT2D eigenvalue weighted by atomic mass is 10.1. The fraction of sp³-hybridized carbons (Fsp3) is 0.500. The van der Waals surface area contributed by atoms with Crippen molar-refractivity contribution in [3.63, 3.8) is 0 Å². The van der Waals surface area contributed by atoms with Crippen molar-refractivity contribution in [3.8, 4) is 5.75 Å². The van der Waals surface area contributed by atoms with Crippen LogP contribution in [-0.4, -0.2) is 19.7 Å². The van der Waals surface area contributed by atoms with Crippen molar-refractivity contribution >= 4 is 0 Å². The van der Waals surface area contributed by atoms with Gasteiger partial charge in [0.05, 0.1) is 6.61 Å². The average molecular weight is 208 g/mol. The highest BCUT2D eigenvalue weighted by molar-refractivity contribution is 5.29. The summed E-state index contributed by atoms with van der Waals surface area (Å²) in [5, 5.41) is 3.33. The third-order valence-electron chi connectivity index (χ3n) is 2.28. The molecule has 0 saturated heterocycles. The first-order valence-electron chi connectivity index (χ1n) is 5.48. The smallest absolute Gasteiger partial charge is 0.119 e. The zero-order chi connectivity index (χ0) is 11.1. The molecule has 1 aromatic carbocycles. The van der Waals surface area contributed by atoms with Gasteiger partial charge in [0.1, 0.15) is 5.75 Å². The highest BCUT2D eigenvalue weighted by atomic mass is 16.5. The quantitative estimate of drug-likeness (QED) is 0.748. The van der Waals surface area contributed by atoms with Crippen LogP contribution >= 0.6 is 0 Å². The van der Waals surface area contributed by atoms with Crippen molar-refractivity contribution < 1.29 is 4.74 Å². The largest absolute Gasteiger partial charge is 0.494 e. The summed E-state index contributed by atoms with van der Waals surface area (Å²) < 4.78 is 5.38. The summed E-state index contributed by atoms with van der Waals surface area (Å²) >= 11 is 0. The van der Waals surface area contributed by atoms with Crippen LogP contribution < -0.4 is 15.8 Å². The molecule has 0 aliphatic carbocycles. The minimum Gasteiger partial charge on any atom is -0.494 e. The zero-order valence-electron chi connectivity index (χ0n) is 9.49. The molecule has 3 nitrogen and oxygen atoms in total. The lowest BCUT2D eigenvalue weighted by Gasteiger charge is -2.16. The molecule has 0 heterocycles. The molecular weight excluding hydrogens is 188 g/mol. The summed E-state index contributed by atoms with van der Waals surface area (Å²) in [6, 6.07) is 8.33. The third-order valence-corrected chi connectivity index (χ3v) is 2.28. The fourth-order valence-corrected chi connectivity index (χ4v) is 1.55. The van der Waals surface area contributed by atoms with Crippen LogP contribution in [0.5, 0.6) is 5.75 Å². The van der Waals surface area contributed by atoms with E-state index in [1.807, 2.05) is 19.1 Å². The maximum absolute atomic E-state index is 5.69. The monoisotopic (exact) mass is 208 g/mol. The van der Waals surface area contributed by atoms with E-state index in [0.29, 0.717) is 13.2 Å². The predicted octanol–water partition coefficient (Wildman–Crippen LogP) is 1.69. The van der Waals surface area contributed by atoms with E-state index >= 15 is 0 Å². The minimum atomic E-state index is 0.241. The summed E-state index contributed by atoms with van der Waals surface area (Å²) in [4.78, 5) is 0. The van der Waals surface area contributed by atoms with Gasteiger partial charge in [-0.2, -0.15) is 0 Å². The molecule has 3 heteroatoms. The van der Waals surface area contributed by atoms with Crippen LogP contribution in [0.3, 0.4) is 0 Å². The van der Waals surface area contributed by atoms with Crippen molar-refractivity contribution in [1.29, 1.82) is 0 Å². The van der Waals surface area contributed by atoms with Gasteiger partial charge >= 0.3 is 0 Å². The van der Waals surface area contributed by atoms with Crippen molar-refractivity contribution in [3.05, 3.63) is 29.8 Å². The van der Waals surface area contributed by atoms with Crippen molar-refractivity contribution in [1.82, 2.24) is 5.32 Å². The Balaban J connectivity index is 2.68. The van der Waals surface area contributed by atoms with Gasteiger partial charge in [-0.1, -0.05) is 19.1 Å². The van der Waals surface area contributed by atoms with Gasteiger partial charge in [-0.3, -0.25) is 0 Å². The molecule has 0 spiro atoms. The number of rotatable bonds is 6. The SMILES string of the molecule is CCNC(CN)c1ccc(OCC)cc1. The van der Waals surface area contributed by atoms with Crippen molar-refractivity contribution in [2.45, 2.75) is 19.9 Å². The van der Waals surface area contributed by atoms with Gasteiger partial charge in [0.25, 0.3) is 0 Å². The second kappa shape index (κ2) is 6.43. The molecule has 1 atom stereocenters. The molecule has 0 aromatic heterocycles. The van der Waals surface area contributed by atoms with Crippen LogP contribution in [-0.2, 0) is 0 Å². The van der Waals surface area contributed by atoms with Gasteiger partial charge in [-0.05, 0) is 31.2 Å². The molecule has 15 heavy (non-hydrogen) atoms. The number of likely N-dealkylation sites (N-methyl/N-ethyl adjacent to an activating group) is 1. The van der Waals surface area contributed by atoms with E-state index in [-0.39, 0.29) is 6.04 Å². The van der Waals surface area contributed by atoms with Crippen LogP contribution in [0.2, 0.25) is 0 Å². The Bertz CT molecular complexity index is 271. The van der Waals surface area contributed by atoms with Crippen molar-refractivity contribution in [2.24, 2.45) is 5.73 Å². The Labute approximate surface area is 91.6 Å². The fourth-order valence-electron chi connectivity index (χ4n) is 1.55. The number of hydrogen-bond donors (Lipinski definition) is 2. The van der Waals surface area contributed by atoms with Crippen LogP contribution in [0, 0.1) is 0 Å². The van der Waals surface area contributed by atoms with E-state index < -0.39 is 0 Å². The Morgan fingerprint density at radius 2 is 1.93 bits per heavy atom. The minimum absolute atomic E-state index is 0.241. The van der Waals surface area contributed by atoms with E-state index in [2.05, 4.69) is 24.4 Å². The van der Waals surface area contributed by atoms with Gasteiger partial charge in [-0.15, -0.1) is 0 Å². The normalized spacial score (nSPS) is 12.5. The van der Waals surface area contributed by atoms with Gasteiger partial charge in [0, 0.05) is 12.6 Å². The van der Waals surface area contributed by atoms with Gasteiger partial charge in [-0.25, -0.2) is 0 Å². The molecular formula is C12H20N2O. The molecule has 84 valence electrons. The molecule has 0 saturated carbocycles. The second-order valence-electron chi connectivity index (χ2n) is 3.35. The molecule has 1 aromatic rings. The first-order valence-corrected chi connectivity index (χ1v) is 5.48. The third kappa shape index (κ3) is 3.53. The molecule has 0 amide bonds. The van der Waals surface area contributed by atoms with Crippen LogP contribution in [0.15, 0.2) is 24.3 Å². The second-order valence-corrected chi connectivity index (χ2v) is 3.35. The molecule has 0 bridgehead atoms. The Hall–Kier alpha value is -1.06. The standard InChI is InChI=1S/C12H20N2O/c1-3-14-12(9-13)10-5-7-11(8-6-10)15-4-2/h5-8,12,14H,3-4,9,13H2,1-2H3. The van der Waals surface area contributed by atoms with E-state index in [1.165, 1.54) is 5.56 Å². The average Bonchev–Trinajstić information content (AvgIpc) is 2.28. The Kier molecular flexibility index (Phi) is 5.15. The van der Waals surface area contributed by atoms with Crippen LogP contribution in [0.1, 0.15) is 25.5 Å². The van der Waals surface area contributed by atoms with E-state index in [1.54, 1.807) is 0 Å². The highest BCUT2D eigenvalue weighted by Gasteiger charge is 2.07. The summed E-state index contributed by atoms with van der Waals surface area (Å²) in [6.45, 7) is 6.30. The Morgan fingerprint density at radius 3 is 2.40 bits per heavy atom. The molecule has 3 N–H and O–H groups in total. The number of nitrogens with two attached hydrogens (primary N) is 1. The maximum Gasteiger partial charge on any atom is 0.119 e. The van der Waals surface area contributed by atoms with E-state index in [4.69, 9.17) is 10.5 Å². The molecule has 0 fully saturated rings. The lowest BCUT2D eigenvalue weighted by molar-refractivity contribution is 0.340. The molecule has 0 aliphatic rings. The lowest BCUT2D eigenvalue weighted by Crippen LogP contribution is -2.27. The summed E-state index contributed by atoms with van der Waals surface area (Å²) in [5.74, 6) is 0.911. The number of hydrogen-bond acceptors (Lipinski definition) is 3. The highest BCUT2D eigenvalue weighted by Crippen LogP contribution is 2.17. The van der Waals surface area contributed by atoms with E-state index in [0.717, 1.165) is 12.3 Å². The molecule has 1 unspecified atom stereocenters. The molecule has 0 radical (unpaired) electrons. The summed E-state index contributed by atoms with van der Waals surface area (Å²) in [7, 11) is 0. The molecule has 1 rings (SSSR count). The van der Waals surface area contributed by atoms with E-state index in [9.17, 15) is 0 Å².